The number of anilines is 3. The second kappa shape index (κ2) is 34.0. The maximum absolute atomic E-state index is 4.97. The van der Waals surface area contributed by atoms with Gasteiger partial charge in [0.1, 0.15) is 0 Å². The summed E-state index contributed by atoms with van der Waals surface area (Å²) < 4.78 is 4.72. The van der Waals surface area contributed by atoms with Crippen LogP contribution in [0.1, 0.15) is 0 Å². The van der Waals surface area contributed by atoms with Crippen molar-refractivity contribution >= 4 is 82.2 Å². The normalized spacial score (nSPS) is 11.2. The number of hydrogen-bond acceptors (Lipinski definition) is 9. The van der Waals surface area contributed by atoms with Crippen molar-refractivity contribution in [3.63, 3.8) is 0 Å². The van der Waals surface area contributed by atoms with Crippen LogP contribution in [0.3, 0.4) is 0 Å². The Bertz CT molecular complexity index is 7540. The summed E-state index contributed by atoms with van der Waals surface area (Å²) in [7, 11) is 0. The summed E-state index contributed by atoms with van der Waals surface area (Å²) in [5, 5.41) is 10.0. The molecule has 0 saturated carbocycles. The number of nitrogens with zero attached hydrogens (tertiary/aromatic N) is 11. The highest BCUT2D eigenvalue weighted by Gasteiger charge is 2.22. The Morgan fingerprint density at radius 1 is 0.168 bits per heavy atom. The van der Waals surface area contributed by atoms with E-state index in [1.165, 1.54) is 65.2 Å². The van der Waals surface area contributed by atoms with Gasteiger partial charge in [0.05, 0.1) is 33.5 Å². The molecule has 0 aliphatic carbocycles. The molecule has 11 nitrogen and oxygen atoms in total. The molecule has 125 heavy (non-hydrogen) atoms. The highest BCUT2D eigenvalue weighted by molar-refractivity contribution is 6.22. The zero-order valence-electron chi connectivity index (χ0n) is 67.9. The maximum atomic E-state index is 4.97. The van der Waals surface area contributed by atoms with Crippen LogP contribution in [0.15, 0.2) is 467 Å². The molecule has 0 unspecified atom stereocenters. The van der Waals surface area contributed by atoms with E-state index in [2.05, 4.69) is 311 Å². The molecule has 5 aromatic heterocycles. The van der Waals surface area contributed by atoms with Crippen LogP contribution in [-0.4, -0.2) is 49.0 Å². The lowest BCUT2D eigenvalue weighted by atomic mass is 10.0. The minimum Gasteiger partial charge on any atom is -0.311 e. The minimum absolute atomic E-state index is 0.650. The SMILES string of the molecule is c1ccc(-c2cc(-c3ccc(-c4ccc(N(c5ccccc5)c5ccccc5)cc4)cc3)nc(-c3ccccc3)n2)cc1.c1ccc(-c2nc(-c3ccccc3)nc(-c3ccc(-n4c5ccccc5c5c6ccccc6ccc54)cc3)n2)cc1.c1ccc(-c2nc(-c3ccccc3)nc(-c3ccc(-n4c5ccccc5c5ccc6ccccc6c54)cc3)n2)cc1. The molecule has 0 N–H and O–H groups in total. The van der Waals surface area contributed by atoms with E-state index in [9.17, 15) is 0 Å². The summed E-state index contributed by atoms with van der Waals surface area (Å²) in [6.07, 6.45) is 0. The average Bonchev–Trinajstić information content (AvgIpc) is 1.58. The molecule has 0 bridgehead atoms. The van der Waals surface area contributed by atoms with Gasteiger partial charge in [0.25, 0.3) is 0 Å². The lowest BCUT2D eigenvalue weighted by Gasteiger charge is -2.25. The number of fused-ring (bicyclic) bond motifs is 10. The van der Waals surface area contributed by atoms with E-state index in [-0.39, 0.29) is 0 Å². The van der Waals surface area contributed by atoms with E-state index in [1.807, 2.05) is 170 Å². The monoisotopic (exact) mass is 1600 g/mol. The Morgan fingerprint density at radius 3 is 0.896 bits per heavy atom. The van der Waals surface area contributed by atoms with Crippen LogP contribution in [0.2, 0.25) is 0 Å². The average molecular weight is 1600 g/mol. The van der Waals surface area contributed by atoms with E-state index in [0.29, 0.717) is 34.9 Å². The molecule has 0 amide bonds. The molecule has 23 aromatic rings. The highest BCUT2D eigenvalue weighted by Crippen LogP contribution is 2.42. The minimum atomic E-state index is 0.650. The molecule has 588 valence electrons. The van der Waals surface area contributed by atoms with Gasteiger partial charge >= 0.3 is 0 Å². The number of benzene rings is 18. The van der Waals surface area contributed by atoms with Crippen molar-refractivity contribution in [2.75, 3.05) is 4.90 Å². The van der Waals surface area contributed by atoms with Crippen LogP contribution in [0, 0.1) is 0 Å². The fourth-order valence-electron chi connectivity index (χ4n) is 16.7. The molecule has 0 saturated heterocycles. The first-order valence-corrected chi connectivity index (χ1v) is 41.9. The second-order valence-electron chi connectivity index (χ2n) is 30.6. The van der Waals surface area contributed by atoms with Crippen molar-refractivity contribution < 1.29 is 0 Å². The Kier molecular flexibility index (Phi) is 20.5. The van der Waals surface area contributed by atoms with Gasteiger partial charge in [-0.15, -0.1) is 0 Å². The predicted molar refractivity (Wildman–Crippen MR) is 514 cm³/mol. The molecule has 0 aliphatic rings. The standard InChI is InChI=1S/C40H29N3.2C37H24N4/c1-5-13-32(14-6-1)38-29-39(42-40(41-38)34-15-7-2-8-16-34)33-23-21-30(22-24-33)31-25-27-37(28-26-31)43(35-17-9-3-10-18-35)36-19-11-4-12-20-36;1-3-12-26(13-4-1)35-38-36(27-14-5-2-6-15-27)40-37(39-35)28-19-22-29(23-20-28)41-33-18-10-9-17-31(33)32-24-21-25-11-7-8-16-30(25)34(32)41;1-3-12-26(13-4-1)35-38-36(27-14-5-2-6-15-27)40-37(39-35)28-19-22-29(23-20-28)41-32-18-10-9-17-31(32)34-30-16-8-7-11-25(30)21-24-33(34)41/h1-29H;2*1-24H. The third-order valence-electron chi connectivity index (χ3n) is 22.8. The molecular weight excluding hydrogens is 1520 g/mol. The topological polar surface area (TPSA) is 116 Å². The molecule has 0 atom stereocenters. The Balaban J connectivity index is 0.000000115. The van der Waals surface area contributed by atoms with E-state index >= 15 is 0 Å². The van der Waals surface area contributed by atoms with E-state index in [4.69, 9.17) is 39.9 Å². The fraction of sp³-hybridized carbons (Fsp3) is 0. The second-order valence-corrected chi connectivity index (χ2v) is 30.6. The van der Waals surface area contributed by atoms with Gasteiger partial charge in [-0.1, -0.05) is 358 Å². The quantitative estimate of drug-likeness (QED) is 0.0989. The molecule has 0 spiro atoms. The Hall–Kier alpha value is -17.0. The molecule has 18 aromatic carbocycles. The van der Waals surface area contributed by atoms with Gasteiger partial charge in [-0.05, 0) is 136 Å². The predicted octanol–water partition coefficient (Wildman–Crippen LogP) is 28.9. The number of hydrogen-bond donors (Lipinski definition) is 0. The first-order chi connectivity index (χ1) is 62.0. The third-order valence-corrected chi connectivity index (χ3v) is 22.8. The summed E-state index contributed by atoms with van der Waals surface area (Å²) >= 11 is 0. The summed E-state index contributed by atoms with van der Waals surface area (Å²) in [5.41, 5.74) is 23.3. The number of para-hydroxylation sites is 4. The number of aromatic nitrogens is 10. The first kappa shape index (κ1) is 75.5. The largest absolute Gasteiger partial charge is 0.311 e. The van der Waals surface area contributed by atoms with Crippen molar-refractivity contribution in [1.29, 1.82) is 0 Å². The lowest BCUT2D eigenvalue weighted by molar-refractivity contribution is 1.07. The molecule has 0 aliphatic heterocycles. The third kappa shape index (κ3) is 15.4. The van der Waals surface area contributed by atoms with Crippen LogP contribution in [0.4, 0.5) is 17.1 Å². The van der Waals surface area contributed by atoms with Gasteiger partial charge in [-0.25, -0.2) is 39.9 Å². The highest BCUT2D eigenvalue weighted by atomic mass is 15.1. The zero-order chi connectivity index (χ0) is 83.2. The summed E-state index contributed by atoms with van der Waals surface area (Å²) in [4.78, 5) is 41.4. The molecule has 5 heterocycles. The van der Waals surface area contributed by atoms with Crippen LogP contribution in [0.5, 0.6) is 0 Å². The molecule has 11 heteroatoms. The van der Waals surface area contributed by atoms with E-state index < -0.39 is 0 Å². The zero-order valence-corrected chi connectivity index (χ0v) is 67.9. The van der Waals surface area contributed by atoms with Crippen LogP contribution < -0.4 is 4.90 Å². The summed E-state index contributed by atoms with van der Waals surface area (Å²) in [6, 6.07) is 162. The summed E-state index contributed by atoms with van der Waals surface area (Å²) in [5.74, 6) is 4.66. The lowest BCUT2D eigenvalue weighted by Crippen LogP contribution is -2.09. The molecule has 23 rings (SSSR count). The van der Waals surface area contributed by atoms with Crippen molar-refractivity contribution in [1.82, 2.24) is 49.0 Å². The van der Waals surface area contributed by atoms with E-state index in [1.54, 1.807) is 0 Å². The van der Waals surface area contributed by atoms with Crippen molar-refractivity contribution in [2.45, 2.75) is 0 Å². The van der Waals surface area contributed by atoms with Gasteiger partial charge in [-0.3, -0.25) is 0 Å². The first-order valence-electron chi connectivity index (χ1n) is 41.9. The molecule has 0 fully saturated rings. The van der Waals surface area contributed by atoms with E-state index in [0.717, 1.165) is 107 Å². The van der Waals surface area contributed by atoms with Crippen molar-refractivity contribution in [3.05, 3.63) is 467 Å². The molecular formula is C114H77N11. The van der Waals surface area contributed by atoms with Gasteiger partial charge in [-0.2, -0.15) is 0 Å². The van der Waals surface area contributed by atoms with Crippen LogP contribution >= 0.6 is 0 Å². The Morgan fingerprint density at radius 2 is 0.456 bits per heavy atom. The smallest absolute Gasteiger partial charge is 0.164 e. The summed E-state index contributed by atoms with van der Waals surface area (Å²) in [6.45, 7) is 0. The maximum Gasteiger partial charge on any atom is 0.164 e. The van der Waals surface area contributed by atoms with Crippen LogP contribution in [0.25, 0.3) is 190 Å². The Labute approximate surface area is 723 Å². The van der Waals surface area contributed by atoms with Crippen molar-refractivity contribution in [2.24, 2.45) is 0 Å². The van der Waals surface area contributed by atoms with Crippen LogP contribution in [-0.2, 0) is 0 Å². The number of rotatable bonds is 15. The fourth-order valence-corrected chi connectivity index (χ4v) is 16.7. The molecule has 0 radical (unpaired) electrons. The van der Waals surface area contributed by atoms with Gasteiger partial charge in [0, 0.05) is 105 Å². The van der Waals surface area contributed by atoms with Gasteiger partial charge in [0.15, 0.2) is 40.8 Å². The van der Waals surface area contributed by atoms with Gasteiger partial charge in [0.2, 0.25) is 0 Å². The van der Waals surface area contributed by atoms with Gasteiger partial charge < -0.3 is 14.0 Å². The van der Waals surface area contributed by atoms with Crippen molar-refractivity contribution in [3.8, 4) is 125 Å².